The number of carbonyl (C=O) groups is 4. The number of ether oxygens (including phenoxy) is 3. The predicted molar refractivity (Wildman–Crippen MR) is 187 cm³/mol. The molecule has 5 aliphatic rings. The zero-order valence-corrected chi connectivity index (χ0v) is 29.6. The number of nitrogens with one attached hydrogen (secondary N) is 1. The summed E-state index contributed by atoms with van der Waals surface area (Å²) in [5.74, 6) is -1.07. The van der Waals surface area contributed by atoms with E-state index >= 15 is 0 Å². The van der Waals surface area contributed by atoms with Gasteiger partial charge in [0.15, 0.2) is 18.1 Å². The van der Waals surface area contributed by atoms with E-state index in [1.807, 2.05) is 30.0 Å². The van der Waals surface area contributed by atoms with Crippen LogP contribution >= 0.6 is 23.1 Å². The van der Waals surface area contributed by atoms with E-state index in [0.29, 0.717) is 29.4 Å². The van der Waals surface area contributed by atoms with Gasteiger partial charge in [0.2, 0.25) is 11.8 Å². The van der Waals surface area contributed by atoms with Crippen molar-refractivity contribution in [2.75, 3.05) is 37.8 Å². The summed E-state index contributed by atoms with van der Waals surface area (Å²) in [6.45, 7) is 5.72. The van der Waals surface area contributed by atoms with E-state index in [-0.39, 0.29) is 64.7 Å². The quantitative estimate of drug-likeness (QED) is 0.238. The van der Waals surface area contributed by atoms with Crippen molar-refractivity contribution in [3.8, 4) is 11.5 Å². The molecule has 2 aromatic carbocycles. The first-order chi connectivity index (χ1) is 24.3. The number of esters is 1. The molecule has 2 bridgehead atoms. The zero-order chi connectivity index (χ0) is 34.7. The van der Waals surface area contributed by atoms with Gasteiger partial charge in [-0.15, -0.1) is 11.8 Å². The van der Waals surface area contributed by atoms with Crippen LogP contribution < -0.4 is 19.2 Å². The Balaban J connectivity index is 1.09. The summed E-state index contributed by atoms with van der Waals surface area (Å²) in [6.07, 6.45) is 3.91. The number of likely N-dealkylation sites (tertiary alicyclic amines) is 1. The number of hydrogen-bond acceptors (Lipinski definition) is 10. The van der Waals surface area contributed by atoms with Crippen molar-refractivity contribution in [3.63, 3.8) is 0 Å². The second-order valence-electron chi connectivity index (χ2n) is 13.6. The van der Waals surface area contributed by atoms with Crippen molar-refractivity contribution >= 4 is 52.5 Å². The number of nitrogens with zero attached hydrogens (tertiary/aromatic N) is 2. The molecule has 0 spiro atoms. The average molecular weight is 718 g/mol. The highest BCUT2D eigenvalue weighted by Gasteiger charge is 2.69. The minimum absolute atomic E-state index is 0.00927. The normalized spacial score (nSPS) is 27.9. The fourth-order valence-corrected chi connectivity index (χ4v) is 12.0. The summed E-state index contributed by atoms with van der Waals surface area (Å²) < 4.78 is 17.2. The molecule has 2 saturated carbocycles. The second-order valence-corrected chi connectivity index (χ2v) is 15.8. The van der Waals surface area contributed by atoms with Crippen LogP contribution in [0.15, 0.2) is 52.3 Å². The Morgan fingerprint density at radius 2 is 1.62 bits per heavy atom. The number of aromatic nitrogens is 1. The molecule has 11 nitrogen and oxygen atoms in total. The third kappa shape index (κ3) is 5.44. The largest absolute Gasteiger partial charge is 0.490 e. The summed E-state index contributed by atoms with van der Waals surface area (Å²) >= 11 is 2.83. The number of amides is 3. The van der Waals surface area contributed by atoms with E-state index in [1.165, 1.54) is 16.2 Å². The number of piperidine rings is 1. The van der Waals surface area contributed by atoms with Crippen molar-refractivity contribution in [2.24, 2.45) is 29.6 Å². The summed E-state index contributed by atoms with van der Waals surface area (Å²) in [4.78, 5) is 73.1. The number of fused-ring (bicyclic) bond motifs is 9. The van der Waals surface area contributed by atoms with E-state index in [0.717, 1.165) is 54.2 Å². The fourth-order valence-electron chi connectivity index (χ4n) is 9.09. The molecule has 2 aliphatic carbocycles. The Morgan fingerprint density at radius 3 is 2.34 bits per heavy atom. The van der Waals surface area contributed by atoms with Gasteiger partial charge in [0.25, 0.3) is 5.91 Å². The lowest BCUT2D eigenvalue weighted by Gasteiger charge is -2.43. The number of carbonyl (C=O) groups excluding carboxylic acids is 4. The monoisotopic (exact) mass is 717 g/mol. The number of thioether (sulfide) groups is 1. The van der Waals surface area contributed by atoms with E-state index < -0.39 is 17.8 Å². The van der Waals surface area contributed by atoms with Gasteiger partial charge in [-0.25, -0.2) is 4.79 Å². The lowest BCUT2D eigenvalue weighted by Crippen LogP contribution is -2.42. The topological polar surface area (TPSA) is 135 Å². The molecule has 4 fully saturated rings. The van der Waals surface area contributed by atoms with Crippen LogP contribution in [0.2, 0.25) is 0 Å². The Kier molecular flexibility index (Phi) is 8.74. The maximum Gasteiger partial charge on any atom is 0.338 e. The van der Waals surface area contributed by atoms with Crippen LogP contribution in [0.1, 0.15) is 66.2 Å². The minimum Gasteiger partial charge on any atom is -0.490 e. The molecule has 6 unspecified atom stereocenters. The van der Waals surface area contributed by atoms with E-state index in [4.69, 9.17) is 14.2 Å². The maximum atomic E-state index is 14.2. The molecule has 3 aromatic rings. The van der Waals surface area contributed by atoms with Gasteiger partial charge in [-0.2, -0.15) is 0 Å². The van der Waals surface area contributed by atoms with Crippen molar-refractivity contribution in [1.29, 1.82) is 0 Å². The highest BCUT2D eigenvalue weighted by molar-refractivity contribution is 8.00. The first kappa shape index (κ1) is 33.1. The van der Waals surface area contributed by atoms with E-state index in [9.17, 15) is 24.0 Å². The number of H-pyrrole nitrogens is 1. The lowest BCUT2D eigenvalue weighted by atomic mass is 9.68. The van der Waals surface area contributed by atoms with Gasteiger partial charge in [0.1, 0.15) is 0 Å². The number of anilines is 1. The summed E-state index contributed by atoms with van der Waals surface area (Å²) in [5.41, 5.74) is 1.76. The van der Waals surface area contributed by atoms with Crippen molar-refractivity contribution in [1.82, 2.24) is 9.88 Å². The van der Waals surface area contributed by atoms with Crippen LogP contribution in [-0.2, 0) is 19.1 Å². The number of hydrogen-bond donors (Lipinski definition) is 1. The van der Waals surface area contributed by atoms with Gasteiger partial charge in [0.05, 0.1) is 41.3 Å². The van der Waals surface area contributed by atoms with E-state index in [1.54, 1.807) is 43.0 Å². The molecule has 262 valence electrons. The van der Waals surface area contributed by atoms with Crippen molar-refractivity contribution < 1.29 is 33.4 Å². The zero-order valence-electron chi connectivity index (χ0n) is 27.9. The minimum atomic E-state index is -0.464. The molecule has 7 atom stereocenters. The maximum absolute atomic E-state index is 14.2. The molecule has 3 amide bonds. The molecule has 8 rings (SSSR count). The van der Waals surface area contributed by atoms with Crippen LogP contribution in [0.4, 0.5) is 5.69 Å². The molecular weight excluding hydrogens is 679 g/mol. The molecule has 1 N–H and O–H groups in total. The van der Waals surface area contributed by atoms with Crippen LogP contribution in [0.3, 0.4) is 0 Å². The number of thiazole rings is 1. The Labute approximate surface area is 297 Å². The molecule has 2 saturated heterocycles. The average Bonchev–Trinajstić information content (AvgIpc) is 3.87. The first-order valence-corrected chi connectivity index (χ1v) is 19.2. The first-order valence-electron chi connectivity index (χ1n) is 17.5. The van der Waals surface area contributed by atoms with Gasteiger partial charge >= 0.3 is 10.8 Å². The number of benzene rings is 2. The molecule has 13 heteroatoms. The Bertz CT molecular complexity index is 1900. The molecule has 0 radical (unpaired) electrons. The van der Waals surface area contributed by atoms with Crippen molar-refractivity contribution in [2.45, 2.75) is 55.7 Å². The predicted octanol–water partition coefficient (Wildman–Crippen LogP) is 5.08. The number of aromatic amines is 1. The Morgan fingerprint density at radius 1 is 0.880 bits per heavy atom. The molecule has 50 heavy (non-hydrogen) atoms. The second kappa shape index (κ2) is 13.2. The van der Waals surface area contributed by atoms with Gasteiger partial charge < -0.3 is 24.1 Å². The van der Waals surface area contributed by atoms with Gasteiger partial charge in [-0.1, -0.05) is 17.4 Å². The van der Waals surface area contributed by atoms with Crippen LogP contribution in [-0.4, -0.2) is 71.7 Å². The standard InChI is InChI=1S/C37H39N3O8S2/c1-3-46-25-16-20(10-13-24(25)48-18-26(41)39-14-6-5-7-15-39)27-28-22-17-23(31(28)49-33-32(27)50-37(45)38-33)30-29(22)34(42)40(35(30)43)21-11-8-19(9-12-21)36(44)47-4-2/h8-13,16,22-23,27-31H,3-7,14-15,17-18H2,1-2H3,(H,38,45)/t22?,23?,27-,28?,29?,30?,31?/m1/s1. The van der Waals surface area contributed by atoms with Gasteiger partial charge in [-0.3, -0.25) is 24.1 Å². The molecular formula is C37H39N3O8S2. The number of imide groups is 1. The molecule has 4 heterocycles. The highest BCUT2D eigenvalue weighted by Crippen LogP contribution is 2.68. The number of rotatable bonds is 9. The van der Waals surface area contributed by atoms with Gasteiger partial charge in [-0.05, 0) is 99.2 Å². The molecule has 1 aromatic heterocycles. The third-order valence-corrected chi connectivity index (χ3v) is 13.6. The SMILES string of the molecule is CCOC(=O)c1ccc(N2C(=O)C3C4CC(C3C2=O)C2C4Sc3[nH]c(=O)sc3[C@@H]2c2ccc(OCC(=O)N3CCCCC3)c(OCC)c2)cc1. The van der Waals surface area contributed by atoms with Gasteiger partial charge in [0, 0.05) is 29.1 Å². The lowest BCUT2D eigenvalue weighted by molar-refractivity contribution is -0.134. The summed E-state index contributed by atoms with van der Waals surface area (Å²) in [6, 6.07) is 12.2. The summed E-state index contributed by atoms with van der Waals surface area (Å²) in [7, 11) is 0. The van der Waals surface area contributed by atoms with Crippen LogP contribution in [0, 0.1) is 29.6 Å². The third-order valence-electron chi connectivity index (χ3n) is 11.0. The van der Waals surface area contributed by atoms with Crippen molar-refractivity contribution in [3.05, 3.63) is 68.1 Å². The fraction of sp³-hybridized carbons (Fsp3) is 0.486. The highest BCUT2D eigenvalue weighted by atomic mass is 32.2. The van der Waals surface area contributed by atoms with Crippen LogP contribution in [0.5, 0.6) is 11.5 Å². The smallest absolute Gasteiger partial charge is 0.338 e. The Hall–Kier alpha value is -4.10. The van der Waals surface area contributed by atoms with E-state index in [2.05, 4.69) is 4.98 Å². The summed E-state index contributed by atoms with van der Waals surface area (Å²) in [5, 5.41) is 0.851. The molecule has 3 aliphatic heterocycles. The van der Waals surface area contributed by atoms with Crippen LogP contribution in [0.25, 0.3) is 0 Å².